The number of amides is 1. The second-order valence-corrected chi connectivity index (χ2v) is 8.31. The Morgan fingerprint density at radius 2 is 1.81 bits per heavy atom. The van der Waals surface area contributed by atoms with Gasteiger partial charge in [-0.15, -0.1) is 11.8 Å². The lowest BCUT2D eigenvalue weighted by Crippen LogP contribution is -2.46. The van der Waals surface area contributed by atoms with Crippen LogP contribution in [0.1, 0.15) is 22.3 Å². The lowest BCUT2D eigenvalue weighted by Gasteiger charge is -2.28. The van der Waals surface area contributed by atoms with Crippen molar-refractivity contribution in [3.05, 3.63) is 69.7 Å². The van der Waals surface area contributed by atoms with Crippen molar-refractivity contribution in [1.29, 1.82) is 0 Å². The first kappa shape index (κ1) is 20.1. The van der Waals surface area contributed by atoms with E-state index in [1.165, 1.54) is 12.7 Å². The first-order chi connectivity index (χ1) is 13.0. The van der Waals surface area contributed by atoms with Gasteiger partial charge in [0.25, 0.3) is 5.91 Å². The van der Waals surface area contributed by atoms with Crippen molar-refractivity contribution in [2.45, 2.75) is 24.3 Å². The van der Waals surface area contributed by atoms with Gasteiger partial charge in [0.15, 0.2) is 0 Å². The Morgan fingerprint density at radius 1 is 1.15 bits per heavy atom. The molecule has 4 nitrogen and oxygen atoms in total. The van der Waals surface area contributed by atoms with Crippen molar-refractivity contribution in [3.63, 3.8) is 0 Å². The van der Waals surface area contributed by atoms with Crippen molar-refractivity contribution in [2.24, 2.45) is 0 Å². The van der Waals surface area contributed by atoms with E-state index in [1.54, 1.807) is 34.9 Å². The number of hydrogen-bond acceptors (Lipinski definition) is 4. The maximum atomic E-state index is 13.2. The van der Waals surface area contributed by atoms with Crippen molar-refractivity contribution in [3.8, 4) is 0 Å². The predicted molar refractivity (Wildman–Crippen MR) is 109 cm³/mol. The largest absolute Gasteiger partial charge is 0.467 e. The van der Waals surface area contributed by atoms with Gasteiger partial charge in [-0.25, -0.2) is 4.79 Å². The summed E-state index contributed by atoms with van der Waals surface area (Å²) in [7, 11) is 1.34. The Hall–Kier alpha value is -1.69. The van der Waals surface area contributed by atoms with E-state index in [0.29, 0.717) is 21.4 Å². The minimum Gasteiger partial charge on any atom is -0.467 e. The van der Waals surface area contributed by atoms with Gasteiger partial charge in [0.05, 0.1) is 12.5 Å². The van der Waals surface area contributed by atoms with Crippen molar-refractivity contribution < 1.29 is 14.3 Å². The minimum absolute atomic E-state index is 0.125. The quantitative estimate of drug-likeness (QED) is 0.654. The van der Waals surface area contributed by atoms with Crippen LogP contribution in [-0.4, -0.2) is 41.1 Å². The number of benzene rings is 2. The molecule has 2 aromatic rings. The van der Waals surface area contributed by atoms with Crippen molar-refractivity contribution in [2.75, 3.05) is 12.9 Å². The molecule has 2 atom stereocenters. The number of ether oxygens (including phenoxy) is 1. The van der Waals surface area contributed by atoms with E-state index in [4.69, 9.17) is 27.9 Å². The van der Waals surface area contributed by atoms with Crippen LogP contribution in [-0.2, 0) is 16.0 Å². The summed E-state index contributed by atoms with van der Waals surface area (Å²) in [5.74, 6) is -0.171. The van der Waals surface area contributed by atoms with Crippen LogP contribution in [0.15, 0.2) is 48.5 Å². The lowest BCUT2D eigenvalue weighted by molar-refractivity contribution is -0.145. The maximum Gasteiger partial charge on any atom is 0.329 e. The van der Waals surface area contributed by atoms with Gasteiger partial charge in [0.1, 0.15) is 6.04 Å². The fraction of sp³-hybridized carbons (Fsp3) is 0.300. The van der Waals surface area contributed by atoms with E-state index in [9.17, 15) is 9.59 Å². The Balaban J connectivity index is 1.84. The summed E-state index contributed by atoms with van der Waals surface area (Å²) in [5, 5.41) is 0.640. The molecule has 0 aromatic heterocycles. The number of methoxy groups -OCH3 is 1. The standard InChI is InChI=1S/C20H19Cl2NO3S/c1-26-20(25)17-12-27-18(8-7-13-5-3-2-4-6-13)23(17)19(24)14-9-15(21)11-16(22)10-14/h2-6,9-11,17-18H,7-8,12H2,1H3. The average molecular weight is 424 g/mol. The summed E-state index contributed by atoms with van der Waals surface area (Å²) in [6.45, 7) is 0. The van der Waals surface area contributed by atoms with Crippen LogP contribution in [0.25, 0.3) is 0 Å². The zero-order valence-corrected chi connectivity index (χ0v) is 17.1. The van der Waals surface area contributed by atoms with Gasteiger partial charge in [0.2, 0.25) is 0 Å². The molecule has 27 heavy (non-hydrogen) atoms. The molecule has 0 aliphatic carbocycles. The van der Waals surface area contributed by atoms with Crippen LogP contribution >= 0.6 is 35.0 Å². The highest BCUT2D eigenvalue weighted by atomic mass is 35.5. The molecule has 0 spiro atoms. The number of carbonyl (C=O) groups is 2. The third kappa shape index (κ3) is 4.78. The molecular weight excluding hydrogens is 405 g/mol. The molecule has 1 fully saturated rings. The Labute approximate surface area is 172 Å². The van der Waals surface area contributed by atoms with E-state index in [1.807, 2.05) is 18.2 Å². The third-order valence-corrected chi connectivity index (χ3v) is 6.22. The van der Waals surface area contributed by atoms with E-state index < -0.39 is 12.0 Å². The molecule has 1 heterocycles. The molecule has 0 saturated carbocycles. The molecule has 1 aliphatic heterocycles. The molecule has 7 heteroatoms. The number of thioether (sulfide) groups is 1. The molecule has 2 aromatic carbocycles. The maximum absolute atomic E-state index is 13.2. The number of hydrogen-bond donors (Lipinski definition) is 0. The number of aryl methyl sites for hydroxylation is 1. The zero-order chi connectivity index (χ0) is 19.4. The van der Waals surface area contributed by atoms with E-state index in [-0.39, 0.29) is 11.3 Å². The Morgan fingerprint density at radius 3 is 2.44 bits per heavy atom. The van der Waals surface area contributed by atoms with Crippen LogP contribution in [0.2, 0.25) is 10.0 Å². The predicted octanol–water partition coefficient (Wildman–Crippen LogP) is 4.68. The fourth-order valence-electron chi connectivity index (χ4n) is 3.14. The van der Waals surface area contributed by atoms with Gasteiger partial charge in [-0.05, 0) is 36.6 Å². The normalized spacial score (nSPS) is 19.1. The van der Waals surface area contributed by atoms with Crippen molar-refractivity contribution in [1.82, 2.24) is 4.90 Å². The van der Waals surface area contributed by atoms with E-state index in [2.05, 4.69) is 12.1 Å². The van der Waals surface area contributed by atoms with Crippen molar-refractivity contribution >= 4 is 46.8 Å². The summed E-state index contributed by atoms with van der Waals surface area (Å²) < 4.78 is 4.91. The third-order valence-electron chi connectivity index (χ3n) is 4.43. The first-order valence-electron chi connectivity index (χ1n) is 8.51. The van der Waals surface area contributed by atoms with E-state index in [0.717, 1.165) is 12.8 Å². The Bertz CT molecular complexity index is 811. The van der Waals surface area contributed by atoms with Crippen LogP contribution in [0.5, 0.6) is 0 Å². The number of nitrogens with zero attached hydrogens (tertiary/aromatic N) is 1. The molecule has 0 bridgehead atoms. The van der Waals surface area contributed by atoms with Gasteiger partial charge < -0.3 is 9.64 Å². The van der Waals surface area contributed by atoms with Gasteiger partial charge in [-0.1, -0.05) is 53.5 Å². The summed E-state index contributed by atoms with van der Waals surface area (Å²) in [4.78, 5) is 27.0. The molecule has 2 unspecified atom stereocenters. The summed E-state index contributed by atoms with van der Waals surface area (Å²) in [6, 6.07) is 14.2. The van der Waals surface area contributed by atoms with Gasteiger partial charge in [0, 0.05) is 21.4 Å². The monoisotopic (exact) mass is 423 g/mol. The van der Waals surface area contributed by atoms with Crippen LogP contribution in [0.3, 0.4) is 0 Å². The molecule has 1 saturated heterocycles. The molecule has 1 aliphatic rings. The molecule has 142 valence electrons. The van der Waals surface area contributed by atoms with Gasteiger partial charge in [-0.3, -0.25) is 4.79 Å². The average Bonchev–Trinajstić information content (AvgIpc) is 3.09. The van der Waals surface area contributed by atoms with Crippen LogP contribution in [0.4, 0.5) is 0 Å². The highest BCUT2D eigenvalue weighted by molar-refractivity contribution is 8.00. The van der Waals surface area contributed by atoms with Crippen LogP contribution in [0, 0.1) is 0 Å². The number of carbonyl (C=O) groups excluding carboxylic acids is 2. The topological polar surface area (TPSA) is 46.6 Å². The number of halogens is 2. The lowest BCUT2D eigenvalue weighted by atomic mass is 10.1. The molecule has 0 radical (unpaired) electrons. The highest BCUT2D eigenvalue weighted by Gasteiger charge is 2.42. The molecule has 3 rings (SSSR count). The number of esters is 1. The van der Waals surface area contributed by atoms with Crippen LogP contribution < -0.4 is 0 Å². The van der Waals surface area contributed by atoms with Gasteiger partial charge >= 0.3 is 5.97 Å². The summed E-state index contributed by atoms with van der Waals surface area (Å²) in [5.41, 5.74) is 1.56. The summed E-state index contributed by atoms with van der Waals surface area (Å²) in [6.07, 6.45) is 1.55. The zero-order valence-electron chi connectivity index (χ0n) is 14.7. The Kier molecular flexibility index (Phi) is 6.68. The minimum atomic E-state index is -0.619. The fourth-order valence-corrected chi connectivity index (χ4v) is 5.05. The van der Waals surface area contributed by atoms with Gasteiger partial charge in [-0.2, -0.15) is 0 Å². The SMILES string of the molecule is COC(=O)C1CSC(CCc2ccccc2)N1C(=O)c1cc(Cl)cc(Cl)c1. The second kappa shape index (κ2) is 9.00. The molecule has 1 amide bonds. The smallest absolute Gasteiger partial charge is 0.329 e. The summed E-state index contributed by atoms with van der Waals surface area (Å²) >= 11 is 13.7. The second-order valence-electron chi connectivity index (χ2n) is 6.22. The number of rotatable bonds is 5. The molecular formula is C20H19Cl2NO3S. The molecule has 0 N–H and O–H groups in total. The highest BCUT2D eigenvalue weighted by Crippen LogP contribution is 2.35. The first-order valence-corrected chi connectivity index (χ1v) is 10.3. The van der Waals surface area contributed by atoms with E-state index >= 15 is 0 Å².